The lowest BCUT2D eigenvalue weighted by molar-refractivity contribution is -0.136. The van der Waals surface area contributed by atoms with Gasteiger partial charge in [-0.2, -0.15) is 0 Å². The molecule has 2 aromatic heterocycles. The molecule has 3 N–H and O–H groups in total. The van der Waals surface area contributed by atoms with Crippen LogP contribution in [0.2, 0.25) is 0 Å². The van der Waals surface area contributed by atoms with E-state index in [0.717, 1.165) is 18.4 Å². The molecule has 6 rings (SSSR count). The van der Waals surface area contributed by atoms with Gasteiger partial charge in [0.15, 0.2) is 21.4 Å². The van der Waals surface area contributed by atoms with E-state index < -0.39 is 45.0 Å². The number of imidazole rings is 1. The number of carbonyl (C=O) groups is 1. The van der Waals surface area contributed by atoms with Crippen molar-refractivity contribution in [2.75, 3.05) is 19.8 Å². The molecule has 0 amide bonds. The minimum Gasteiger partial charge on any atom is -0.481 e. The number of likely N-dealkylation sites (N-methyl/N-ethyl adjacent to an activating group) is 1. The first-order chi connectivity index (χ1) is 20.9. The van der Waals surface area contributed by atoms with Gasteiger partial charge in [0.25, 0.3) is 0 Å². The summed E-state index contributed by atoms with van der Waals surface area (Å²) in [5.74, 6) is -3.55. The van der Waals surface area contributed by atoms with E-state index in [1.807, 2.05) is 11.9 Å². The summed E-state index contributed by atoms with van der Waals surface area (Å²) in [6.07, 6.45) is 2.77. The SMILES string of the molecule is CN1CCc2[nH]c(-c3cc(Oc4c(F)cc5[nH]ccc5c4S(C)(=O)=O)ccc3F)nc2C1c1cccc(CCC(=O)O)c1F. The average Bonchev–Trinajstić information content (AvgIpc) is 3.60. The third-order valence-corrected chi connectivity index (χ3v) is 8.88. The van der Waals surface area contributed by atoms with E-state index in [2.05, 4.69) is 15.0 Å². The number of rotatable bonds is 8. The molecular formula is C31H27F3N4O5S. The van der Waals surface area contributed by atoms with E-state index >= 15 is 13.2 Å². The number of nitrogens with zero attached hydrogens (tertiary/aromatic N) is 2. The monoisotopic (exact) mass is 624 g/mol. The van der Waals surface area contributed by atoms with Crippen molar-refractivity contribution in [3.05, 3.63) is 94.7 Å². The molecule has 1 atom stereocenters. The minimum atomic E-state index is -3.94. The molecule has 0 fully saturated rings. The van der Waals surface area contributed by atoms with Gasteiger partial charge in [-0.25, -0.2) is 26.6 Å². The van der Waals surface area contributed by atoms with Gasteiger partial charge in [0.1, 0.15) is 28.1 Å². The smallest absolute Gasteiger partial charge is 0.303 e. The largest absolute Gasteiger partial charge is 0.481 e. The number of ether oxygens (including phenoxy) is 1. The maximum atomic E-state index is 15.6. The molecule has 1 aliphatic heterocycles. The lowest BCUT2D eigenvalue weighted by Crippen LogP contribution is -2.33. The number of nitrogens with one attached hydrogen (secondary N) is 2. The van der Waals surface area contributed by atoms with Gasteiger partial charge in [0.2, 0.25) is 0 Å². The van der Waals surface area contributed by atoms with Crippen LogP contribution in [-0.4, -0.2) is 59.2 Å². The van der Waals surface area contributed by atoms with Gasteiger partial charge < -0.3 is 19.8 Å². The number of aliphatic carboxylic acids is 1. The molecule has 0 saturated carbocycles. The highest BCUT2D eigenvalue weighted by Gasteiger charge is 2.33. The Morgan fingerprint density at radius 3 is 2.68 bits per heavy atom. The van der Waals surface area contributed by atoms with Crippen LogP contribution in [0.5, 0.6) is 11.5 Å². The number of H-pyrrole nitrogens is 2. The normalized spacial score (nSPS) is 15.4. The summed E-state index contributed by atoms with van der Waals surface area (Å²) in [5, 5.41) is 9.31. The number of fused-ring (bicyclic) bond motifs is 2. The number of aryl methyl sites for hydroxylation is 1. The summed E-state index contributed by atoms with van der Waals surface area (Å²) in [5.41, 5.74) is 2.01. The number of aromatic amines is 2. The van der Waals surface area contributed by atoms with Crippen LogP contribution in [0.15, 0.2) is 59.6 Å². The summed E-state index contributed by atoms with van der Waals surface area (Å²) >= 11 is 0. The molecule has 3 aromatic carbocycles. The van der Waals surface area contributed by atoms with E-state index in [9.17, 15) is 13.2 Å². The highest BCUT2D eigenvalue weighted by molar-refractivity contribution is 7.91. The predicted molar refractivity (Wildman–Crippen MR) is 156 cm³/mol. The van der Waals surface area contributed by atoms with Crippen molar-refractivity contribution in [2.24, 2.45) is 0 Å². The zero-order valence-corrected chi connectivity index (χ0v) is 24.4. The van der Waals surface area contributed by atoms with Crippen LogP contribution >= 0.6 is 0 Å². The molecule has 13 heteroatoms. The molecule has 1 aliphatic rings. The molecule has 0 aliphatic carbocycles. The quantitative estimate of drug-likeness (QED) is 0.200. The standard InChI is InChI=1S/C31H27F3N4O5S/c1-38-13-11-23-27(28(38)19-5-3-4-16(26(19)34)6-9-25(39)40)37-31(36-23)20-14-17(7-8-21(20)32)43-29-22(33)15-24-18(10-12-35-24)30(29)44(2,41)42/h3-5,7-8,10,12,14-15,28,35H,6,9,11,13H2,1-2H3,(H,36,37)(H,39,40). The minimum absolute atomic E-state index is 0.0157. The molecule has 44 heavy (non-hydrogen) atoms. The number of sulfone groups is 1. The number of halogens is 3. The third-order valence-electron chi connectivity index (χ3n) is 7.74. The maximum Gasteiger partial charge on any atom is 0.303 e. The molecule has 0 spiro atoms. The van der Waals surface area contributed by atoms with Crippen molar-refractivity contribution in [3.63, 3.8) is 0 Å². The Morgan fingerprint density at radius 1 is 1.14 bits per heavy atom. The Bertz CT molecular complexity index is 2040. The van der Waals surface area contributed by atoms with Crippen LogP contribution in [0.1, 0.15) is 35.0 Å². The zero-order chi connectivity index (χ0) is 31.3. The fraction of sp³-hybridized carbons (Fsp3) is 0.226. The number of carboxylic acid groups (broad SMARTS) is 1. The Hall–Kier alpha value is -4.62. The van der Waals surface area contributed by atoms with Gasteiger partial charge in [-0.15, -0.1) is 0 Å². The van der Waals surface area contributed by atoms with E-state index in [0.29, 0.717) is 29.9 Å². The Labute approximate surface area is 250 Å². The first kappa shape index (κ1) is 29.5. The fourth-order valence-electron chi connectivity index (χ4n) is 5.68. The molecule has 0 bridgehead atoms. The number of hydrogen-bond acceptors (Lipinski definition) is 6. The van der Waals surface area contributed by atoms with Crippen molar-refractivity contribution >= 4 is 26.7 Å². The summed E-state index contributed by atoms with van der Waals surface area (Å²) in [6.45, 7) is 0.541. The zero-order valence-electron chi connectivity index (χ0n) is 23.6. The summed E-state index contributed by atoms with van der Waals surface area (Å²) in [7, 11) is -2.12. The van der Waals surface area contributed by atoms with Gasteiger partial charge in [-0.05, 0) is 43.3 Å². The van der Waals surface area contributed by atoms with Crippen molar-refractivity contribution in [2.45, 2.75) is 30.2 Å². The second kappa shape index (κ2) is 11.1. The van der Waals surface area contributed by atoms with Gasteiger partial charge in [0, 0.05) is 60.1 Å². The third kappa shape index (κ3) is 5.33. The van der Waals surface area contributed by atoms with Gasteiger partial charge in [0.05, 0.1) is 17.3 Å². The highest BCUT2D eigenvalue weighted by atomic mass is 32.2. The van der Waals surface area contributed by atoms with Crippen LogP contribution in [0.4, 0.5) is 13.2 Å². The van der Waals surface area contributed by atoms with Gasteiger partial charge >= 0.3 is 5.97 Å². The van der Waals surface area contributed by atoms with E-state index in [4.69, 9.17) is 9.84 Å². The second-order valence-electron chi connectivity index (χ2n) is 10.8. The van der Waals surface area contributed by atoms with Gasteiger partial charge in [-0.1, -0.05) is 18.2 Å². The fourth-order valence-corrected chi connectivity index (χ4v) is 6.73. The molecule has 0 saturated heterocycles. The number of hydrogen-bond donors (Lipinski definition) is 3. The molecule has 9 nitrogen and oxygen atoms in total. The van der Waals surface area contributed by atoms with Crippen molar-refractivity contribution in [1.29, 1.82) is 0 Å². The van der Waals surface area contributed by atoms with Crippen LogP contribution < -0.4 is 4.74 Å². The van der Waals surface area contributed by atoms with E-state index in [-0.39, 0.29) is 51.3 Å². The first-order valence-electron chi connectivity index (χ1n) is 13.7. The lowest BCUT2D eigenvalue weighted by Gasteiger charge is -2.32. The second-order valence-corrected chi connectivity index (χ2v) is 12.7. The summed E-state index contributed by atoms with van der Waals surface area (Å²) < 4.78 is 77.1. The topological polar surface area (TPSA) is 128 Å². The maximum absolute atomic E-state index is 15.6. The van der Waals surface area contributed by atoms with Crippen LogP contribution in [0.3, 0.4) is 0 Å². The number of carboxylic acids is 1. The molecule has 5 aromatic rings. The average molecular weight is 625 g/mol. The molecule has 1 unspecified atom stereocenters. The summed E-state index contributed by atoms with van der Waals surface area (Å²) in [6, 6.07) is 10.5. The van der Waals surface area contributed by atoms with E-state index in [1.165, 1.54) is 24.4 Å². The summed E-state index contributed by atoms with van der Waals surface area (Å²) in [4.78, 5) is 23.2. The van der Waals surface area contributed by atoms with Crippen LogP contribution in [-0.2, 0) is 27.5 Å². The first-order valence-corrected chi connectivity index (χ1v) is 15.6. The predicted octanol–water partition coefficient (Wildman–Crippen LogP) is 5.77. The Morgan fingerprint density at radius 2 is 1.93 bits per heavy atom. The number of benzene rings is 3. The van der Waals surface area contributed by atoms with Crippen molar-refractivity contribution < 1.29 is 36.2 Å². The molecule has 0 radical (unpaired) electrons. The van der Waals surface area contributed by atoms with E-state index in [1.54, 1.807) is 18.2 Å². The van der Waals surface area contributed by atoms with Crippen molar-refractivity contribution in [1.82, 2.24) is 19.9 Å². The van der Waals surface area contributed by atoms with Crippen LogP contribution in [0.25, 0.3) is 22.3 Å². The number of aromatic nitrogens is 3. The Kier molecular flexibility index (Phi) is 7.46. The van der Waals surface area contributed by atoms with Crippen LogP contribution in [0, 0.1) is 17.5 Å². The highest BCUT2D eigenvalue weighted by Crippen LogP contribution is 2.40. The molecular weight excluding hydrogens is 597 g/mol. The van der Waals surface area contributed by atoms with Crippen molar-refractivity contribution in [3.8, 4) is 22.9 Å². The molecule has 228 valence electrons. The molecule has 3 heterocycles. The Balaban J connectivity index is 1.39. The lowest BCUT2D eigenvalue weighted by atomic mass is 9.93. The van der Waals surface area contributed by atoms with Gasteiger partial charge in [-0.3, -0.25) is 9.69 Å².